The van der Waals surface area contributed by atoms with Crippen molar-refractivity contribution in [2.45, 2.75) is 69.9 Å². The Bertz CT molecular complexity index is 1490. The number of nitrogens with one attached hydrogen (secondary N) is 1. The van der Waals surface area contributed by atoms with Crippen molar-refractivity contribution in [2.75, 3.05) is 12.3 Å². The van der Waals surface area contributed by atoms with Gasteiger partial charge < -0.3 is 24.9 Å². The van der Waals surface area contributed by atoms with E-state index in [9.17, 15) is 22.4 Å². The summed E-state index contributed by atoms with van der Waals surface area (Å²) in [5.74, 6) is -0.611. The van der Waals surface area contributed by atoms with Crippen LogP contribution < -0.4 is 5.73 Å². The molecule has 0 bridgehead atoms. The van der Waals surface area contributed by atoms with Crippen LogP contribution in [0.4, 0.5) is 23.2 Å². The first kappa shape index (κ1) is 29.4. The second-order valence-electron chi connectivity index (χ2n) is 11.8. The van der Waals surface area contributed by atoms with Gasteiger partial charge in [0.15, 0.2) is 5.82 Å². The third kappa shape index (κ3) is 6.09. The molecule has 41 heavy (non-hydrogen) atoms. The summed E-state index contributed by atoms with van der Waals surface area (Å²) in [6.45, 7) is 7.10. The van der Waals surface area contributed by atoms with E-state index in [1.807, 2.05) is 0 Å². The van der Waals surface area contributed by atoms with E-state index in [1.54, 1.807) is 4.90 Å². The molecule has 5 rings (SSSR count). The van der Waals surface area contributed by atoms with Gasteiger partial charge in [0.2, 0.25) is 5.91 Å². The highest BCUT2D eigenvalue weighted by atomic mass is 35.5. The molecule has 1 amide bonds. The van der Waals surface area contributed by atoms with Gasteiger partial charge >= 0.3 is 6.18 Å². The number of nitrogens with two attached hydrogens (primary N) is 1. The second-order valence-corrected chi connectivity index (χ2v) is 17.8. The standard InChI is InChI=1S/C28H32ClF4N5O2Si/c1-41(2,3)9-8-40-15-37-13-18(19(14-37)28(31,32)33)22-12-35-27(36-22)23-7-4-17-10-16(11-24(39)38(17)23)25-21(34)6-5-20(29)26(25)30/h5-6,11-14,17,23H,4,7-10,15,34H2,1-3H3,(H,35,36)/t17-,23+/m1/s1. The number of alkyl halides is 3. The molecule has 1 aromatic carbocycles. The Morgan fingerprint density at radius 1 is 1.22 bits per heavy atom. The van der Waals surface area contributed by atoms with Crippen molar-refractivity contribution in [3.8, 4) is 11.3 Å². The minimum atomic E-state index is -4.58. The smallest absolute Gasteiger partial charge is 0.398 e. The predicted octanol–water partition coefficient (Wildman–Crippen LogP) is 7.10. The van der Waals surface area contributed by atoms with E-state index in [1.165, 1.54) is 35.2 Å². The number of nitrogens with zero attached hydrogens (tertiary/aromatic N) is 3. The lowest BCUT2D eigenvalue weighted by Crippen LogP contribution is -2.39. The van der Waals surface area contributed by atoms with Crippen LogP contribution in [0.25, 0.3) is 16.8 Å². The van der Waals surface area contributed by atoms with Gasteiger partial charge in [0, 0.05) is 56.0 Å². The molecule has 2 atom stereocenters. The molecule has 0 unspecified atom stereocenters. The highest BCUT2D eigenvalue weighted by Gasteiger charge is 2.42. The molecule has 4 heterocycles. The fourth-order valence-electron chi connectivity index (χ4n) is 5.50. The van der Waals surface area contributed by atoms with Crippen molar-refractivity contribution < 1.29 is 27.1 Å². The Morgan fingerprint density at radius 2 is 1.98 bits per heavy atom. The minimum absolute atomic E-state index is 0.00748. The highest BCUT2D eigenvalue weighted by molar-refractivity contribution is 6.76. The molecule has 3 aromatic rings. The number of carbonyl (C=O) groups is 1. The maximum atomic E-state index is 14.8. The fraction of sp³-hybridized carbons (Fsp3) is 0.429. The quantitative estimate of drug-likeness (QED) is 0.123. The SMILES string of the molecule is C[Si](C)(C)CCOCn1cc(-c2cnc([C@@H]3CC[C@@H]4CC(c5c(N)ccc(Cl)c5F)=CC(=O)N43)[nH]2)c(C(F)(F)F)c1. The van der Waals surface area contributed by atoms with Crippen molar-refractivity contribution in [3.63, 3.8) is 0 Å². The summed E-state index contributed by atoms with van der Waals surface area (Å²) in [5, 5.41) is -0.0809. The van der Waals surface area contributed by atoms with E-state index < -0.39 is 31.7 Å². The van der Waals surface area contributed by atoms with Gasteiger partial charge in [-0.3, -0.25) is 4.79 Å². The zero-order chi connectivity index (χ0) is 29.7. The normalized spacial score (nSPS) is 19.6. The van der Waals surface area contributed by atoms with Crippen molar-refractivity contribution in [2.24, 2.45) is 0 Å². The van der Waals surface area contributed by atoms with Gasteiger partial charge in [-0.05, 0) is 43.0 Å². The first-order valence-electron chi connectivity index (χ1n) is 13.4. The molecular formula is C28H32ClF4N5O2Si. The molecule has 0 spiro atoms. The van der Waals surface area contributed by atoms with E-state index in [0.717, 1.165) is 12.2 Å². The van der Waals surface area contributed by atoms with Gasteiger partial charge in [-0.25, -0.2) is 9.37 Å². The largest absolute Gasteiger partial charge is 0.418 e. The van der Waals surface area contributed by atoms with Crippen LogP contribution in [0.1, 0.15) is 42.3 Å². The molecular weight excluding hydrogens is 578 g/mol. The van der Waals surface area contributed by atoms with Crippen LogP contribution in [0, 0.1) is 5.82 Å². The number of aromatic nitrogens is 3. The Balaban J connectivity index is 1.37. The average molecular weight is 610 g/mol. The summed E-state index contributed by atoms with van der Waals surface area (Å²) in [6.07, 6.45) is 2.12. The number of aromatic amines is 1. The number of hydrogen-bond donors (Lipinski definition) is 2. The number of nitrogen functional groups attached to an aromatic ring is 1. The van der Waals surface area contributed by atoms with Crippen molar-refractivity contribution in [1.29, 1.82) is 0 Å². The van der Waals surface area contributed by atoms with Crippen LogP contribution in [0.3, 0.4) is 0 Å². The van der Waals surface area contributed by atoms with E-state index in [0.29, 0.717) is 37.3 Å². The molecule has 2 aliphatic heterocycles. The Labute approximate surface area is 241 Å². The molecule has 2 aliphatic rings. The second kappa shape index (κ2) is 11.0. The lowest BCUT2D eigenvalue weighted by molar-refractivity contribution is -0.137. The molecule has 220 valence electrons. The van der Waals surface area contributed by atoms with Gasteiger partial charge in [-0.2, -0.15) is 13.2 Å². The summed E-state index contributed by atoms with van der Waals surface area (Å²) < 4.78 is 63.7. The van der Waals surface area contributed by atoms with Gasteiger partial charge in [-0.1, -0.05) is 31.2 Å². The van der Waals surface area contributed by atoms with Gasteiger partial charge in [-0.15, -0.1) is 0 Å². The number of carbonyl (C=O) groups excluding carboxylic acids is 1. The number of halogens is 5. The number of ether oxygens (including phenoxy) is 1. The monoisotopic (exact) mass is 609 g/mol. The van der Waals surface area contributed by atoms with Crippen LogP contribution >= 0.6 is 11.6 Å². The highest BCUT2D eigenvalue weighted by Crippen LogP contribution is 2.44. The van der Waals surface area contributed by atoms with Crippen molar-refractivity contribution in [3.05, 3.63) is 64.6 Å². The fourth-order valence-corrected chi connectivity index (χ4v) is 6.42. The third-order valence-electron chi connectivity index (χ3n) is 7.58. The Morgan fingerprint density at radius 3 is 2.68 bits per heavy atom. The molecule has 0 radical (unpaired) electrons. The van der Waals surface area contributed by atoms with Gasteiger partial charge in [0.25, 0.3) is 0 Å². The number of fused-ring (bicyclic) bond motifs is 1. The maximum Gasteiger partial charge on any atom is 0.418 e. The number of benzene rings is 1. The molecule has 1 saturated heterocycles. The number of imidazole rings is 1. The summed E-state index contributed by atoms with van der Waals surface area (Å²) in [6, 6.07) is 3.09. The molecule has 2 aromatic heterocycles. The lowest BCUT2D eigenvalue weighted by Gasteiger charge is -2.33. The van der Waals surface area contributed by atoms with Crippen molar-refractivity contribution >= 4 is 36.8 Å². The summed E-state index contributed by atoms with van der Waals surface area (Å²) in [7, 11) is -1.33. The molecule has 7 nitrogen and oxygen atoms in total. The van der Waals surface area contributed by atoms with E-state index in [4.69, 9.17) is 22.1 Å². The average Bonchev–Trinajstić information content (AvgIpc) is 3.61. The molecule has 0 saturated carbocycles. The first-order valence-corrected chi connectivity index (χ1v) is 17.5. The van der Waals surface area contributed by atoms with Crippen LogP contribution in [0.15, 0.2) is 36.8 Å². The summed E-state index contributed by atoms with van der Waals surface area (Å²) >= 11 is 5.95. The molecule has 13 heteroatoms. The van der Waals surface area contributed by atoms with E-state index in [-0.39, 0.29) is 46.2 Å². The Hall–Kier alpha value is -3.09. The zero-order valence-electron chi connectivity index (χ0n) is 23.0. The number of anilines is 1. The predicted molar refractivity (Wildman–Crippen MR) is 152 cm³/mol. The summed E-state index contributed by atoms with van der Waals surface area (Å²) in [5.41, 5.74) is 6.16. The number of rotatable bonds is 8. The first-order chi connectivity index (χ1) is 19.2. The maximum absolute atomic E-state index is 14.8. The molecule has 1 fully saturated rings. The van der Waals surface area contributed by atoms with Crippen molar-refractivity contribution in [1.82, 2.24) is 19.4 Å². The Kier molecular flexibility index (Phi) is 7.86. The van der Waals surface area contributed by atoms with Gasteiger partial charge in [0.1, 0.15) is 12.6 Å². The topological polar surface area (TPSA) is 89.2 Å². The van der Waals surface area contributed by atoms with Crippen LogP contribution in [0.2, 0.25) is 30.7 Å². The molecule has 3 N–H and O–H groups in total. The van der Waals surface area contributed by atoms with Crippen LogP contribution in [-0.2, 0) is 22.4 Å². The minimum Gasteiger partial charge on any atom is -0.398 e. The van der Waals surface area contributed by atoms with Crippen LogP contribution in [-0.4, -0.2) is 46.1 Å². The summed E-state index contributed by atoms with van der Waals surface area (Å²) in [4.78, 5) is 22.3. The number of H-pyrrole nitrogens is 1. The lowest BCUT2D eigenvalue weighted by atomic mass is 9.92. The van der Waals surface area contributed by atoms with Crippen LogP contribution in [0.5, 0.6) is 0 Å². The number of hydrogen-bond acceptors (Lipinski definition) is 4. The third-order valence-corrected chi connectivity index (χ3v) is 9.58. The zero-order valence-corrected chi connectivity index (χ0v) is 24.7. The van der Waals surface area contributed by atoms with Gasteiger partial charge in [0.05, 0.1) is 28.5 Å². The number of amides is 1. The van der Waals surface area contributed by atoms with E-state index in [2.05, 4.69) is 29.6 Å². The van der Waals surface area contributed by atoms with E-state index >= 15 is 0 Å². The molecule has 0 aliphatic carbocycles.